The van der Waals surface area contributed by atoms with Crippen molar-refractivity contribution in [3.8, 4) is 0 Å². The fraction of sp³-hybridized carbons (Fsp3) is 0. The molecule has 0 fully saturated rings. The van der Waals surface area contributed by atoms with Gasteiger partial charge in [0, 0.05) is 0 Å². The van der Waals surface area contributed by atoms with Gasteiger partial charge < -0.3 is 5.48 Å². The molecule has 0 spiro atoms. The van der Waals surface area contributed by atoms with E-state index >= 15 is 0 Å². The van der Waals surface area contributed by atoms with Crippen LogP contribution in [0, 0.1) is 0 Å². The van der Waals surface area contributed by atoms with Crippen molar-refractivity contribution in [2.75, 3.05) is 0 Å². The van der Waals surface area contributed by atoms with Gasteiger partial charge in [-0.2, -0.15) is 0 Å². The maximum Gasteiger partial charge on any atom is -2.00 e. The van der Waals surface area contributed by atoms with Gasteiger partial charge in [-0.25, -0.2) is 0 Å². The molecule has 0 amide bonds. The monoisotopic (exact) mass is 408 g/mol. The zero-order valence-corrected chi connectivity index (χ0v) is 12.8. The van der Waals surface area contributed by atoms with Crippen LogP contribution in [-0.4, -0.2) is 57.4 Å². The van der Waals surface area contributed by atoms with Crippen LogP contribution in [0.25, 0.3) is 0 Å². The van der Waals surface area contributed by atoms with Crippen molar-refractivity contribution >= 4 is 57.4 Å². The Balaban J connectivity index is 0. The normalized spacial score (nSPS) is 19.4. The summed E-state index contributed by atoms with van der Waals surface area (Å²) in [6, 6.07) is 0. The number of hydrogen-bond donors (Lipinski definition) is 0. The van der Waals surface area contributed by atoms with E-state index in [0.29, 0.717) is 0 Å². The molecular formula is C12FeO13-2. The predicted octanol–water partition coefficient (Wildman–Crippen LogP) is -4.89. The Labute approximate surface area is 120 Å². The SMILES string of the molecule is O=[C]=[Fe](=[C]=O)(=[C]=O)(=[C]=O)(=[C]=O)(=[C]=O)(=[C]=O)(=[C]=O)(=[C]=O)(=[C]=O)(=[C]=O)=[C]=O.[O-2]. The number of rotatable bonds is 0. The Kier molecular flexibility index (Phi) is 1.31. The van der Waals surface area contributed by atoms with E-state index in [-0.39, 0.29) is 5.48 Å². The molecule has 0 aromatic rings. The van der Waals surface area contributed by atoms with Crippen LogP contribution in [0.4, 0.5) is 0 Å². The molecule has 0 bridgehead atoms. The first-order chi connectivity index (χ1) is 10.9. The summed E-state index contributed by atoms with van der Waals surface area (Å²) in [6.07, 6.45) is 0. The molecule has 0 aliphatic carbocycles. The van der Waals surface area contributed by atoms with Crippen molar-refractivity contribution in [3.63, 3.8) is 0 Å². The summed E-state index contributed by atoms with van der Waals surface area (Å²) in [5.74, 6) is 0. The standard InChI is InChI=1S/12CO.Fe.O/c12*1-2;;/q;;;;;;;;;;;;;-2. The molecule has 0 atom stereocenters. The summed E-state index contributed by atoms with van der Waals surface area (Å²) in [6.45, 7) is 0. The molecule has 13 nitrogen and oxygen atoms in total. The summed E-state index contributed by atoms with van der Waals surface area (Å²) in [5.41, 5.74) is 0. The van der Waals surface area contributed by atoms with Gasteiger partial charge in [-0.15, -0.1) is 0 Å². The third kappa shape index (κ3) is 0.407. The molecular weight excluding hydrogens is 408 g/mol. The quantitative estimate of drug-likeness (QED) is 0.343. The zero-order chi connectivity index (χ0) is 20.8. The summed E-state index contributed by atoms with van der Waals surface area (Å²) >= 11 is 0. The molecule has 0 unspecified atom stereocenters. The first kappa shape index (κ1) is 23.7. The van der Waals surface area contributed by atoms with Gasteiger partial charge in [0.15, 0.2) is 0 Å². The summed E-state index contributed by atoms with van der Waals surface area (Å²) < 4.78 is -15.5. The first-order valence-corrected chi connectivity index (χ1v) is 11.2. The Morgan fingerprint density at radius 1 is 0.269 bits per heavy atom. The van der Waals surface area contributed by atoms with Crippen LogP contribution < -0.4 is 0 Å². The van der Waals surface area contributed by atoms with Crippen molar-refractivity contribution in [3.05, 3.63) is 0 Å². The van der Waals surface area contributed by atoms with Crippen LogP contribution in [0.3, 0.4) is 0 Å². The minimum atomic E-state index is -15.5. The molecule has 0 radical (unpaired) electrons. The van der Waals surface area contributed by atoms with Crippen LogP contribution in [0.2, 0.25) is 0 Å². The van der Waals surface area contributed by atoms with Crippen molar-refractivity contribution < 1.29 is 62.2 Å². The largest absolute Gasteiger partial charge is 2.00 e. The van der Waals surface area contributed by atoms with E-state index in [9.17, 15) is 57.5 Å². The summed E-state index contributed by atoms with van der Waals surface area (Å²) in [5, 5.41) is 0. The molecule has 0 aliphatic rings. The van der Waals surface area contributed by atoms with Crippen molar-refractivity contribution in [2.24, 2.45) is 0 Å². The fourth-order valence-electron chi connectivity index (χ4n) is 0.972. The van der Waals surface area contributed by atoms with Crippen LogP contribution >= 0.6 is 0 Å². The smallest absolute Gasteiger partial charge is 2.00 e. The van der Waals surface area contributed by atoms with Crippen molar-refractivity contribution in [2.45, 2.75) is 0 Å². The van der Waals surface area contributed by atoms with Gasteiger partial charge in [0.1, 0.15) is 0 Å². The molecule has 14 heteroatoms. The van der Waals surface area contributed by atoms with E-state index in [1.165, 1.54) is 0 Å². The van der Waals surface area contributed by atoms with E-state index < -0.39 is 56.6 Å². The Morgan fingerprint density at radius 2 is 0.346 bits per heavy atom. The average Bonchev–Trinajstić information content (AvgIpc) is 2.79. The predicted molar refractivity (Wildman–Crippen MR) is 69.0 cm³/mol. The van der Waals surface area contributed by atoms with E-state index in [1.54, 1.807) is 0 Å². The topological polar surface area (TPSA) is 233 Å². The Morgan fingerprint density at radius 3 is 0.346 bits per heavy atom. The molecule has 0 saturated heterocycles. The van der Waals surface area contributed by atoms with Crippen molar-refractivity contribution in [1.82, 2.24) is 0 Å². The van der Waals surface area contributed by atoms with Crippen LogP contribution in [0.15, 0.2) is 0 Å². The second kappa shape index (κ2) is 1.43. The molecule has 0 N–H and O–H groups in total. The van der Waals surface area contributed by atoms with E-state index in [4.69, 9.17) is 0 Å². The van der Waals surface area contributed by atoms with Gasteiger partial charge in [-0.05, 0) is 0 Å². The average molecular weight is 408 g/mol. The molecule has 0 saturated carbocycles. The van der Waals surface area contributed by atoms with E-state index in [0.717, 1.165) is 0 Å². The zero-order valence-electron chi connectivity index (χ0n) is 11.7. The van der Waals surface area contributed by atoms with Gasteiger partial charge in [0.05, 0.1) is 0 Å². The third-order valence-electron chi connectivity index (χ3n) is 4.76. The van der Waals surface area contributed by atoms with Crippen molar-refractivity contribution in [1.29, 1.82) is 0 Å². The van der Waals surface area contributed by atoms with E-state index in [2.05, 4.69) is 0 Å². The molecule has 0 heterocycles. The molecule has 26 heavy (non-hydrogen) atoms. The molecule has 136 valence electrons. The first-order valence-electron chi connectivity index (χ1n) is 4.57. The van der Waals surface area contributed by atoms with Crippen LogP contribution in [0.5, 0.6) is 0 Å². The Hall–Kier alpha value is -4.56. The van der Waals surface area contributed by atoms with Gasteiger partial charge in [-0.1, -0.05) is 0 Å². The molecule has 0 aromatic carbocycles. The van der Waals surface area contributed by atoms with E-state index in [1.807, 2.05) is 0 Å². The van der Waals surface area contributed by atoms with Gasteiger partial charge in [0.25, 0.3) is 0 Å². The van der Waals surface area contributed by atoms with Crippen LogP contribution in [0.1, 0.15) is 0 Å². The number of hydrogen-bond acceptors (Lipinski definition) is 12. The van der Waals surface area contributed by atoms with Crippen LogP contribution in [-0.2, 0) is 62.2 Å². The molecule has 0 rings (SSSR count). The minimum Gasteiger partial charge on any atom is -2.00 e. The summed E-state index contributed by atoms with van der Waals surface area (Å²) in [4.78, 5) is 130. The maximum atomic E-state index is 12.0. The van der Waals surface area contributed by atoms with Gasteiger partial charge in [-0.3, -0.25) is 0 Å². The fourth-order valence-corrected chi connectivity index (χ4v) is 4.01. The number of carbonyl (C=O) groups excluding carboxylic acids is 12. The second-order valence-corrected chi connectivity index (χ2v) is 27.6. The third-order valence-corrected chi connectivity index (χ3v) is 19.6. The van der Waals surface area contributed by atoms with Gasteiger partial charge >= 0.3 is 114 Å². The Bertz CT molecular complexity index is 3190. The van der Waals surface area contributed by atoms with Gasteiger partial charge in [0.2, 0.25) is 0 Å². The summed E-state index contributed by atoms with van der Waals surface area (Å²) in [7, 11) is 0. The minimum absolute atomic E-state index is 0. The maximum absolute atomic E-state index is 15.5. The molecule has 0 aromatic heterocycles. The second-order valence-electron chi connectivity index (χ2n) is 6.70. The molecule has 0 aliphatic heterocycles.